The Balaban J connectivity index is 1.68. The number of furan rings is 1. The summed E-state index contributed by atoms with van der Waals surface area (Å²) in [5.74, 6) is 1.36. The van der Waals surface area contributed by atoms with E-state index >= 15 is 0 Å². The number of hydrogen-bond donors (Lipinski definition) is 0. The molecule has 1 heterocycles. The van der Waals surface area contributed by atoms with Crippen LogP contribution in [0.5, 0.6) is 0 Å². The highest BCUT2D eigenvalue weighted by Gasteiger charge is 2.29. The molecule has 0 saturated heterocycles. The number of hydrogen-bond acceptors (Lipinski definition) is 2. The largest absolute Gasteiger partial charge is 0.459 e. The lowest BCUT2D eigenvalue weighted by molar-refractivity contribution is 0.103. The predicted octanol–water partition coefficient (Wildman–Crippen LogP) is 8.59. The second kappa shape index (κ2) is 9.52. The van der Waals surface area contributed by atoms with Crippen molar-refractivity contribution in [1.29, 1.82) is 0 Å². The first-order chi connectivity index (χ1) is 17.8. The van der Waals surface area contributed by atoms with E-state index in [1.54, 1.807) is 0 Å². The summed E-state index contributed by atoms with van der Waals surface area (Å²) in [6, 6.07) is 44.2. The standard InChI is InChI=1S/C34H24O2/c35-33(26-16-6-2-7-17-26)32-31(29-22-12-20-25-15-10-11-21-28(25)29)30(23-24-13-4-1-5-14-24)36-34(32)27-18-8-3-9-19-27/h1-22H,23H2. The molecule has 0 aliphatic carbocycles. The van der Waals surface area contributed by atoms with Crippen LogP contribution >= 0.6 is 0 Å². The zero-order valence-electron chi connectivity index (χ0n) is 19.7. The van der Waals surface area contributed by atoms with Crippen LogP contribution in [0.1, 0.15) is 27.2 Å². The molecule has 0 N–H and O–H groups in total. The Morgan fingerprint density at radius 2 is 1.22 bits per heavy atom. The van der Waals surface area contributed by atoms with Crippen LogP contribution in [0.15, 0.2) is 138 Å². The molecule has 0 unspecified atom stereocenters. The molecule has 36 heavy (non-hydrogen) atoms. The summed E-state index contributed by atoms with van der Waals surface area (Å²) < 4.78 is 6.66. The molecular weight excluding hydrogens is 440 g/mol. The normalized spacial score (nSPS) is 11.0. The van der Waals surface area contributed by atoms with E-state index < -0.39 is 0 Å². The van der Waals surface area contributed by atoms with Gasteiger partial charge in [-0.05, 0) is 21.9 Å². The average Bonchev–Trinajstić information content (AvgIpc) is 3.32. The van der Waals surface area contributed by atoms with Crippen molar-refractivity contribution in [3.8, 4) is 22.5 Å². The fraction of sp³-hybridized carbons (Fsp3) is 0.0294. The molecule has 2 nitrogen and oxygen atoms in total. The fourth-order valence-electron chi connectivity index (χ4n) is 4.86. The summed E-state index contributed by atoms with van der Waals surface area (Å²) in [5.41, 5.74) is 5.13. The molecule has 1 aromatic heterocycles. The Bertz CT molecular complexity index is 1640. The third-order valence-electron chi connectivity index (χ3n) is 6.55. The van der Waals surface area contributed by atoms with Crippen molar-refractivity contribution in [2.45, 2.75) is 6.42 Å². The van der Waals surface area contributed by atoms with E-state index in [4.69, 9.17) is 4.42 Å². The number of fused-ring (bicyclic) bond motifs is 1. The topological polar surface area (TPSA) is 30.2 Å². The highest BCUT2D eigenvalue weighted by atomic mass is 16.3. The molecule has 0 aliphatic heterocycles. The maximum Gasteiger partial charge on any atom is 0.197 e. The van der Waals surface area contributed by atoms with Gasteiger partial charge < -0.3 is 4.42 Å². The molecule has 0 spiro atoms. The van der Waals surface area contributed by atoms with Crippen molar-refractivity contribution in [2.24, 2.45) is 0 Å². The minimum absolute atomic E-state index is 0.0413. The van der Waals surface area contributed by atoms with Crippen LogP contribution in [0.3, 0.4) is 0 Å². The molecule has 6 aromatic rings. The molecule has 0 fully saturated rings. The zero-order valence-corrected chi connectivity index (χ0v) is 19.7. The van der Waals surface area contributed by atoms with Crippen molar-refractivity contribution < 1.29 is 9.21 Å². The van der Waals surface area contributed by atoms with Gasteiger partial charge in [-0.2, -0.15) is 0 Å². The van der Waals surface area contributed by atoms with Gasteiger partial charge in [0.2, 0.25) is 0 Å². The van der Waals surface area contributed by atoms with Crippen molar-refractivity contribution in [2.75, 3.05) is 0 Å². The molecule has 0 radical (unpaired) electrons. The molecule has 0 bridgehead atoms. The van der Waals surface area contributed by atoms with Gasteiger partial charge in [-0.1, -0.05) is 133 Å². The minimum Gasteiger partial charge on any atom is -0.459 e. The lowest BCUT2D eigenvalue weighted by Gasteiger charge is -2.11. The Hall–Kier alpha value is -4.69. The lowest BCUT2D eigenvalue weighted by atomic mass is 9.89. The van der Waals surface area contributed by atoms with Gasteiger partial charge in [-0.25, -0.2) is 0 Å². The summed E-state index contributed by atoms with van der Waals surface area (Å²) in [6.45, 7) is 0. The van der Waals surface area contributed by atoms with E-state index in [-0.39, 0.29) is 5.78 Å². The third kappa shape index (κ3) is 4.03. The summed E-state index contributed by atoms with van der Waals surface area (Å²) in [6.07, 6.45) is 0.585. The second-order valence-electron chi connectivity index (χ2n) is 8.85. The monoisotopic (exact) mass is 464 g/mol. The molecule has 2 heteroatoms. The molecule has 0 atom stereocenters. The van der Waals surface area contributed by atoms with Gasteiger partial charge in [0.1, 0.15) is 11.5 Å². The van der Waals surface area contributed by atoms with Crippen molar-refractivity contribution in [3.05, 3.63) is 156 Å². The van der Waals surface area contributed by atoms with Crippen LogP contribution in [0.2, 0.25) is 0 Å². The number of rotatable bonds is 6. The Kier molecular flexibility index (Phi) is 5.77. The number of ketones is 1. The van der Waals surface area contributed by atoms with Crippen LogP contribution < -0.4 is 0 Å². The summed E-state index contributed by atoms with van der Waals surface area (Å²) in [4.78, 5) is 14.2. The first kappa shape index (κ1) is 21.8. The number of benzene rings is 5. The smallest absolute Gasteiger partial charge is 0.197 e. The summed E-state index contributed by atoms with van der Waals surface area (Å²) in [7, 11) is 0. The lowest BCUT2D eigenvalue weighted by Crippen LogP contribution is -2.04. The van der Waals surface area contributed by atoms with Gasteiger partial charge in [-0.15, -0.1) is 0 Å². The zero-order chi connectivity index (χ0) is 24.3. The van der Waals surface area contributed by atoms with Gasteiger partial charge in [0.05, 0.1) is 5.56 Å². The van der Waals surface area contributed by atoms with Crippen LogP contribution in [0.25, 0.3) is 33.2 Å². The molecule has 0 amide bonds. The van der Waals surface area contributed by atoms with Crippen molar-refractivity contribution >= 4 is 16.6 Å². The first-order valence-corrected chi connectivity index (χ1v) is 12.1. The van der Waals surface area contributed by atoms with Crippen LogP contribution in [0.4, 0.5) is 0 Å². The Morgan fingerprint density at radius 1 is 0.611 bits per heavy atom. The SMILES string of the molecule is O=C(c1ccccc1)c1c(-c2ccccc2)oc(Cc2ccccc2)c1-c1cccc2ccccc12. The van der Waals surface area contributed by atoms with Gasteiger partial charge in [-0.3, -0.25) is 4.79 Å². The van der Waals surface area contributed by atoms with E-state index in [1.807, 2.05) is 91.0 Å². The maximum atomic E-state index is 14.2. The van der Waals surface area contributed by atoms with Crippen LogP contribution in [0, 0.1) is 0 Å². The molecular formula is C34H24O2. The molecule has 5 aromatic carbocycles. The summed E-state index contributed by atoms with van der Waals surface area (Å²) >= 11 is 0. The van der Waals surface area contributed by atoms with E-state index in [2.05, 4.69) is 42.5 Å². The van der Waals surface area contributed by atoms with Crippen molar-refractivity contribution in [3.63, 3.8) is 0 Å². The Labute approximate surface area is 210 Å². The minimum atomic E-state index is -0.0413. The quantitative estimate of drug-likeness (QED) is 0.231. The first-order valence-electron chi connectivity index (χ1n) is 12.1. The Morgan fingerprint density at radius 3 is 1.97 bits per heavy atom. The van der Waals surface area contributed by atoms with E-state index in [0.29, 0.717) is 23.3 Å². The maximum absolute atomic E-state index is 14.2. The fourth-order valence-corrected chi connectivity index (χ4v) is 4.86. The van der Waals surface area contributed by atoms with E-state index in [1.165, 1.54) is 0 Å². The van der Waals surface area contributed by atoms with Gasteiger partial charge in [0.25, 0.3) is 0 Å². The van der Waals surface area contributed by atoms with Gasteiger partial charge in [0.15, 0.2) is 5.78 Å². The molecule has 0 aliphatic rings. The summed E-state index contributed by atoms with van der Waals surface area (Å²) in [5, 5.41) is 2.22. The second-order valence-corrected chi connectivity index (χ2v) is 8.85. The average molecular weight is 465 g/mol. The van der Waals surface area contributed by atoms with Crippen LogP contribution in [-0.4, -0.2) is 5.78 Å². The molecule has 0 saturated carbocycles. The highest BCUT2D eigenvalue weighted by molar-refractivity contribution is 6.18. The van der Waals surface area contributed by atoms with E-state index in [0.717, 1.165) is 38.8 Å². The van der Waals surface area contributed by atoms with Crippen molar-refractivity contribution in [1.82, 2.24) is 0 Å². The third-order valence-corrected chi connectivity index (χ3v) is 6.55. The van der Waals surface area contributed by atoms with Gasteiger partial charge >= 0.3 is 0 Å². The van der Waals surface area contributed by atoms with Gasteiger partial charge in [0, 0.05) is 23.1 Å². The van der Waals surface area contributed by atoms with E-state index in [9.17, 15) is 4.79 Å². The van der Waals surface area contributed by atoms with Crippen LogP contribution in [-0.2, 0) is 6.42 Å². The molecule has 172 valence electrons. The highest BCUT2D eigenvalue weighted by Crippen LogP contribution is 2.42. The number of carbonyl (C=O) groups is 1. The molecule has 6 rings (SSSR count). The predicted molar refractivity (Wildman–Crippen MR) is 146 cm³/mol. The number of carbonyl (C=O) groups excluding carboxylic acids is 1.